The highest BCUT2D eigenvalue weighted by atomic mass is 16.5. The smallest absolute Gasteiger partial charge is 0.306 e. The van der Waals surface area contributed by atoms with Gasteiger partial charge in [-0.25, -0.2) is 0 Å². The number of hydrogen-bond acceptors (Lipinski definition) is 4. The van der Waals surface area contributed by atoms with Gasteiger partial charge in [-0.05, 0) is 19.8 Å². The standard InChI is InChI=1S/C13H19NO5/c1-9-8-14-13(18)10(7-11(15)16)5-3-2-4-6-12(17)19-9/h2-3,9-10H,4-8H2,1H3,(H,14,18)(H,15,16)/b3-2+/t9-,10+/m1/s1. The van der Waals surface area contributed by atoms with Crippen LogP contribution >= 0.6 is 0 Å². The van der Waals surface area contributed by atoms with E-state index in [0.29, 0.717) is 19.3 Å². The zero-order valence-electron chi connectivity index (χ0n) is 10.9. The molecule has 0 aliphatic carbocycles. The lowest BCUT2D eigenvalue weighted by molar-refractivity contribution is -0.148. The van der Waals surface area contributed by atoms with Gasteiger partial charge in [-0.3, -0.25) is 14.4 Å². The lowest BCUT2D eigenvalue weighted by atomic mass is 9.99. The van der Waals surface area contributed by atoms with E-state index in [0.717, 1.165) is 0 Å². The Hall–Kier alpha value is -1.85. The van der Waals surface area contributed by atoms with Crippen molar-refractivity contribution in [3.05, 3.63) is 12.2 Å². The molecular formula is C13H19NO5. The molecule has 106 valence electrons. The molecule has 0 unspecified atom stereocenters. The number of aliphatic carboxylic acids is 1. The molecule has 0 saturated carbocycles. The van der Waals surface area contributed by atoms with E-state index in [1.54, 1.807) is 19.1 Å². The first-order valence-electron chi connectivity index (χ1n) is 6.33. The Morgan fingerprint density at radius 2 is 2.21 bits per heavy atom. The molecule has 0 aromatic rings. The molecule has 2 N–H and O–H groups in total. The van der Waals surface area contributed by atoms with Crippen LogP contribution < -0.4 is 5.32 Å². The van der Waals surface area contributed by atoms with E-state index < -0.39 is 18.0 Å². The molecule has 1 rings (SSSR count). The molecule has 6 nitrogen and oxygen atoms in total. The Morgan fingerprint density at radius 1 is 1.47 bits per heavy atom. The first kappa shape index (κ1) is 15.2. The zero-order chi connectivity index (χ0) is 14.3. The second-order valence-corrected chi connectivity index (χ2v) is 4.59. The van der Waals surface area contributed by atoms with Crippen molar-refractivity contribution in [2.45, 2.75) is 38.7 Å². The SMILES string of the molecule is C[C@@H]1CNC(=O)[C@H](CC(=O)O)C/C=C/CCC(=O)O1. The summed E-state index contributed by atoms with van der Waals surface area (Å²) < 4.78 is 5.08. The summed E-state index contributed by atoms with van der Waals surface area (Å²) in [6.07, 6.45) is 4.09. The van der Waals surface area contributed by atoms with Crippen LogP contribution in [-0.4, -0.2) is 35.6 Å². The highest BCUT2D eigenvalue weighted by Gasteiger charge is 2.21. The average molecular weight is 269 g/mol. The van der Waals surface area contributed by atoms with Crippen LogP contribution in [0.2, 0.25) is 0 Å². The van der Waals surface area contributed by atoms with Gasteiger partial charge in [0.1, 0.15) is 6.10 Å². The van der Waals surface area contributed by atoms with Crippen LogP contribution in [-0.2, 0) is 19.1 Å². The van der Waals surface area contributed by atoms with E-state index in [1.165, 1.54) is 0 Å². The summed E-state index contributed by atoms with van der Waals surface area (Å²) in [5.41, 5.74) is 0. The largest absolute Gasteiger partial charge is 0.481 e. The summed E-state index contributed by atoms with van der Waals surface area (Å²) in [6.45, 7) is 1.89. The highest BCUT2D eigenvalue weighted by Crippen LogP contribution is 2.12. The fraction of sp³-hybridized carbons (Fsp3) is 0.615. The van der Waals surface area contributed by atoms with Gasteiger partial charge in [0.25, 0.3) is 0 Å². The highest BCUT2D eigenvalue weighted by molar-refractivity contribution is 5.83. The van der Waals surface area contributed by atoms with Crippen molar-refractivity contribution in [2.75, 3.05) is 6.54 Å². The van der Waals surface area contributed by atoms with Gasteiger partial charge in [-0.2, -0.15) is 0 Å². The fourth-order valence-electron chi connectivity index (χ4n) is 1.79. The Kier molecular flexibility index (Phi) is 6.05. The number of esters is 1. The van der Waals surface area contributed by atoms with Crippen LogP contribution in [0.5, 0.6) is 0 Å². The number of carbonyl (C=O) groups is 3. The average Bonchev–Trinajstić information content (AvgIpc) is 2.32. The number of ether oxygens (including phenoxy) is 1. The monoisotopic (exact) mass is 269 g/mol. The number of carbonyl (C=O) groups excluding carboxylic acids is 2. The normalized spacial score (nSPS) is 27.4. The fourth-order valence-corrected chi connectivity index (χ4v) is 1.79. The number of carboxylic acid groups (broad SMARTS) is 1. The van der Waals surface area contributed by atoms with Gasteiger partial charge in [0.05, 0.1) is 18.9 Å². The molecule has 2 atom stereocenters. The molecule has 19 heavy (non-hydrogen) atoms. The van der Waals surface area contributed by atoms with Crippen LogP contribution in [0, 0.1) is 5.92 Å². The van der Waals surface area contributed by atoms with E-state index in [2.05, 4.69) is 5.32 Å². The van der Waals surface area contributed by atoms with E-state index >= 15 is 0 Å². The molecule has 0 aromatic carbocycles. The lowest BCUT2D eigenvalue weighted by Crippen LogP contribution is -2.37. The van der Waals surface area contributed by atoms with Crippen LogP contribution in [0.25, 0.3) is 0 Å². The molecule has 1 amide bonds. The van der Waals surface area contributed by atoms with Gasteiger partial charge in [-0.15, -0.1) is 0 Å². The van der Waals surface area contributed by atoms with E-state index in [1.807, 2.05) is 0 Å². The second-order valence-electron chi connectivity index (χ2n) is 4.59. The number of hydrogen-bond donors (Lipinski definition) is 2. The first-order chi connectivity index (χ1) is 8.99. The molecule has 1 aliphatic heterocycles. The predicted molar refractivity (Wildman–Crippen MR) is 67.3 cm³/mol. The van der Waals surface area contributed by atoms with Crippen LogP contribution in [0.3, 0.4) is 0 Å². The summed E-state index contributed by atoms with van der Waals surface area (Å²) in [7, 11) is 0. The summed E-state index contributed by atoms with van der Waals surface area (Å²) >= 11 is 0. The lowest BCUT2D eigenvalue weighted by Gasteiger charge is -2.18. The van der Waals surface area contributed by atoms with E-state index in [-0.39, 0.29) is 24.8 Å². The predicted octanol–water partition coefficient (Wildman–Crippen LogP) is 0.865. The van der Waals surface area contributed by atoms with Crippen molar-refractivity contribution in [2.24, 2.45) is 5.92 Å². The molecule has 6 heteroatoms. The Morgan fingerprint density at radius 3 is 2.89 bits per heavy atom. The molecule has 0 spiro atoms. The second kappa shape index (κ2) is 7.56. The van der Waals surface area contributed by atoms with Crippen molar-refractivity contribution in [1.29, 1.82) is 0 Å². The Labute approximate surface area is 111 Å². The van der Waals surface area contributed by atoms with Gasteiger partial charge < -0.3 is 15.2 Å². The zero-order valence-corrected chi connectivity index (χ0v) is 10.9. The van der Waals surface area contributed by atoms with Gasteiger partial charge in [-0.1, -0.05) is 12.2 Å². The van der Waals surface area contributed by atoms with Crippen LogP contribution in [0.1, 0.15) is 32.6 Å². The van der Waals surface area contributed by atoms with Crippen molar-refractivity contribution in [3.8, 4) is 0 Å². The minimum Gasteiger partial charge on any atom is -0.481 e. The number of amides is 1. The maximum absolute atomic E-state index is 11.8. The molecule has 1 heterocycles. The van der Waals surface area contributed by atoms with Gasteiger partial charge in [0, 0.05) is 6.42 Å². The number of nitrogens with one attached hydrogen (secondary N) is 1. The Bertz CT molecular complexity index is 377. The summed E-state index contributed by atoms with van der Waals surface area (Å²) in [5.74, 6) is -2.21. The van der Waals surface area contributed by atoms with E-state index in [9.17, 15) is 14.4 Å². The third kappa shape index (κ3) is 6.03. The third-order valence-electron chi connectivity index (χ3n) is 2.79. The van der Waals surface area contributed by atoms with Crippen molar-refractivity contribution in [1.82, 2.24) is 5.32 Å². The molecule has 0 saturated heterocycles. The Balaban J connectivity index is 2.69. The van der Waals surface area contributed by atoms with Gasteiger partial charge in [0.15, 0.2) is 0 Å². The van der Waals surface area contributed by atoms with Crippen molar-refractivity contribution < 1.29 is 24.2 Å². The molecule has 0 fully saturated rings. The summed E-state index contributed by atoms with van der Waals surface area (Å²) in [4.78, 5) is 33.9. The third-order valence-corrected chi connectivity index (χ3v) is 2.79. The summed E-state index contributed by atoms with van der Waals surface area (Å²) in [6, 6.07) is 0. The number of allylic oxidation sites excluding steroid dienone is 2. The molecule has 0 aromatic heterocycles. The molecular weight excluding hydrogens is 250 g/mol. The maximum Gasteiger partial charge on any atom is 0.306 e. The number of rotatable bonds is 2. The van der Waals surface area contributed by atoms with E-state index in [4.69, 9.17) is 9.84 Å². The van der Waals surface area contributed by atoms with Crippen molar-refractivity contribution >= 4 is 17.8 Å². The molecule has 1 aliphatic rings. The van der Waals surface area contributed by atoms with Crippen LogP contribution in [0.4, 0.5) is 0 Å². The minimum absolute atomic E-state index is 0.199. The van der Waals surface area contributed by atoms with Crippen molar-refractivity contribution in [3.63, 3.8) is 0 Å². The van der Waals surface area contributed by atoms with Gasteiger partial charge >= 0.3 is 11.9 Å². The topological polar surface area (TPSA) is 92.7 Å². The minimum atomic E-state index is -1.000. The number of carboxylic acids is 1. The summed E-state index contributed by atoms with van der Waals surface area (Å²) in [5, 5.41) is 11.4. The molecule has 0 bridgehead atoms. The number of cyclic esters (lactones) is 1. The quantitative estimate of drug-likeness (QED) is 0.573. The van der Waals surface area contributed by atoms with Gasteiger partial charge in [0.2, 0.25) is 5.91 Å². The first-order valence-corrected chi connectivity index (χ1v) is 6.33. The maximum atomic E-state index is 11.8. The molecule has 0 radical (unpaired) electrons. The van der Waals surface area contributed by atoms with Crippen LogP contribution in [0.15, 0.2) is 12.2 Å².